The van der Waals surface area contributed by atoms with Crippen molar-refractivity contribution >= 4 is 11.6 Å². The van der Waals surface area contributed by atoms with E-state index >= 15 is 0 Å². The molecule has 3 fully saturated rings. The SMILES string of the molecule is CCCn1nccc1-c1ccc(OC2CC3(C2)CN(c2ccc(F)cc2C(F)(F)F)C3)c(C(=O)NC2CCN(F)C2)n1. The Morgan fingerprint density at radius 3 is 2.64 bits per heavy atom. The van der Waals surface area contributed by atoms with Gasteiger partial charge in [0.1, 0.15) is 11.9 Å². The molecular formula is C29H31F5N6O2. The number of halogens is 5. The van der Waals surface area contributed by atoms with E-state index in [4.69, 9.17) is 4.74 Å². The van der Waals surface area contributed by atoms with E-state index in [1.54, 1.807) is 23.2 Å². The van der Waals surface area contributed by atoms with Crippen LogP contribution in [0.3, 0.4) is 0 Å². The molecule has 2 aromatic heterocycles. The summed E-state index contributed by atoms with van der Waals surface area (Å²) in [5, 5.41) is 7.86. The third-order valence-corrected chi connectivity index (χ3v) is 8.23. The van der Waals surface area contributed by atoms with Crippen LogP contribution in [0.15, 0.2) is 42.6 Å². The van der Waals surface area contributed by atoms with Crippen molar-refractivity contribution in [3.63, 3.8) is 0 Å². The van der Waals surface area contributed by atoms with Gasteiger partial charge in [-0.25, -0.2) is 9.37 Å². The van der Waals surface area contributed by atoms with Crippen LogP contribution in [-0.4, -0.2) is 64.1 Å². The summed E-state index contributed by atoms with van der Waals surface area (Å²) in [6.07, 6.45) is -0.701. The molecule has 0 bridgehead atoms. The van der Waals surface area contributed by atoms with Gasteiger partial charge in [0, 0.05) is 56.1 Å². The summed E-state index contributed by atoms with van der Waals surface area (Å²) in [5.41, 5.74) is 0.175. The molecule has 4 heterocycles. The molecule has 1 unspecified atom stereocenters. The van der Waals surface area contributed by atoms with Crippen molar-refractivity contribution < 1.29 is 31.6 Å². The fourth-order valence-corrected chi connectivity index (χ4v) is 6.25. The van der Waals surface area contributed by atoms with Crippen LogP contribution >= 0.6 is 0 Å². The Bertz CT molecular complexity index is 1460. The number of benzene rings is 1. The Morgan fingerprint density at radius 1 is 1.17 bits per heavy atom. The average molecular weight is 591 g/mol. The topological polar surface area (TPSA) is 75.5 Å². The second kappa shape index (κ2) is 10.8. The fourth-order valence-electron chi connectivity index (χ4n) is 6.25. The van der Waals surface area contributed by atoms with Crippen molar-refractivity contribution in [3.05, 3.63) is 59.7 Å². The number of aryl methyl sites for hydroxylation is 1. The second-order valence-electron chi connectivity index (χ2n) is 11.5. The van der Waals surface area contributed by atoms with Crippen LogP contribution in [0.1, 0.15) is 48.7 Å². The quantitative estimate of drug-likeness (QED) is 0.286. The molecule has 1 aromatic carbocycles. The van der Waals surface area contributed by atoms with Gasteiger partial charge >= 0.3 is 6.18 Å². The number of carbonyl (C=O) groups is 1. The van der Waals surface area contributed by atoms with E-state index < -0.39 is 23.5 Å². The van der Waals surface area contributed by atoms with Crippen molar-refractivity contribution in [1.82, 2.24) is 25.2 Å². The van der Waals surface area contributed by atoms with E-state index in [1.165, 1.54) is 6.07 Å². The first-order chi connectivity index (χ1) is 20.0. The summed E-state index contributed by atoms with van der Waals surface area (Å²) in [6.45, 7) is 3.84. The summed E-state index contributed by atoms with van der Waals surface area (Å²) in [4.78, 5) is 19.6. The summed E-state index contributed by atoms with van der Waals surface area (Å²) >= 11 is 0. The molecule has 42 heavy (non-hydrogen) atoms. The van der Waals surface area contributed by atoms with Gasteiger partial charge in [0.2, 0.25) is 0 Å². The van der Waals surface area contributed by atoms with Crippen LogP contribution in [0.2, 0.25) is 0 Å². The maximum absolute atomic E-state index is 13.6. The van der Waals surface area contributed by atoms with Crippen LogP contribution < -0.4 is 15.0 Å². The first kappa shape index (κ1) is 28.4. The molecule has 3 aliphatic rings. The Morgan fingerprint density at radius 2 is 1.95 bits per heavy atom. The molecule has 1 amide bonds. The van der Waals surface area contributed by atoms with E-state index in [0.29, 0.717) is 61.5 Å². The Balaban J connectivity index is 1.16. The lowest BCUT2D eigenvalue weighted by Crippen LogP contribution is -2.65. The highest BCUT2D eigenvalue weighted by atomic mass is 19.4. The number of hydrogen-bond acceptors (Lipinski definition) is 6. The minimum absolute atomic E-state index is 0.0290. The molecule has 2 aliphatic heterocycles. The average Bonchev–Trinajstić information content (AvgIpc) is 3.53. The van der Waals surface area contributed by atoms with Crippen LogP contribution in [-0.2, 0) is 12.7 Å². The molecule has 2 saturated heterocycles. The molecule has 1 N–H and O–H groups in total. The fraction of sp³-hybridized carbons (Fsp3) is 0.483. The van der Waals surface area contributed by atoms with Gasteiger partial charge in [-0.05, 0) is 62.1 Å². The molecule has 6 rings (SSSR count). The predicted octanol–water partition coefficient (Wildman–Crippen LogP) is 5.25. The van der Waals surface area contributed by atoms with Gasteiger partial charge < -0.3 is 15.0 Å². The minimum atomic E-state index is -4.66. The van der Waals surface area contributed by atoms with E-state index in [0.717, 1.165) is 18.2 Å². The third kappa shape index (κ3) is 5.53. The molecule has 13 heteroatoms. The van der Waals surface area contributed by atoms with E-state index in [-0.39, 0.29) is 42.0 Å². The number of hydrogen-bond donors (Lipinski definition) is 1. The first-order valence-electron chi connectivity index (χ1n) is 14.1. The number of alkyl halides is 3. The van der Waals surface area contributed by atoms with Crippen LogP contribution in [0.25, 0.3) is 11.4 Å². The largest absolute Gasteiger partial charge is 0.488 e. The van der Waals surface area contributed by atoms with Gasteiger partial charge in [-0.1, -0.05) is 6.92 Å². The lowest BCUT2D eigenvalue weighted by Gasteiger charge is -2.59. The van der Waals surface area contributed by atoms with E-state index in [1.807, 2.05) is 17.7 Å². The Hall–Kier alpha value is -3.74. The molecule has 1 spiro atoms. The van der Waals surface area contributed by atoms with Crippen LogP contribution in [0.4, 0.5) is 27.7 Å². The van der Waals surface area contributed by atoms with Gasteiger partial charge in [0.25, 0.3) is 5.91 Å². The Labute approximate surface area is 239 Å². The number of anilines is 1. The van der Waals surface area contributed by atoms with E-state index in [9.17, 15) is 26.8 Å². The molecule has 3 aromatic rings. The summed E-state index contributed by atoms with van der Waals surface area (Å²) in [6, 6.07) is 7.67. The maximum atomic E-state index is 13.6. The van der Waals surface area contributed by atoms with Gasteiger partial charge in [0.05, 0.1) is 17.0 Å². The van der Waals surface area contributed by atoms with Crippen LogP contribution in [0.5, 0.6) is 5.75 Å². The Kier molecular flexibility index (Phi) is 7.32. The van der Waals surface area contributed by atoms with E-state index in [2.05, 4.69) is 15.4 Å². The highest BCUT2D eigenvalue weighted by molar-refractivity contribution is 5.95. The zero-order chi connectivity index (χ0) is 29.6. The highest BCUT2D eigenvalue weighted by Gasteiger charge is 2.54. The zero-order valence-corrected chi connectivity index (χ0v) is 23.0. The normalized spacial score (nSPS) is 20.4. The molecule has 0 radical (unpaired) electrons. The minimum Gasteiger partial charge on any atom is -0.488 e. The van der Waals surface area contributed by atoms with Gasteiger partial charge in [-0.3, -0.25) is 9.48 Å². The monoisotopic (exact) mass is 590 g/mol. The van der Waals surface area contributed by atoms with Crippen molar-refractivity contribution in [2.75, 3.05) is 31.1 Å². The van der Waals surface area contributed by atoms with Crippen molar-refractivity contribution in [3.8, 4) is 17.1 Å². The number of nitrogens with one attached hydrogen (secondary N) is 1. The molecule has 8 nitrogen and oxygen atoms in total. The highest BCUT2D eigenvalue weighted by Crippen LogP contribution is 2.52. The number of aromatic nitrogens is 3. The van der Waals surface area contributed by atoms with Gasteiger partial charge in [0.15, 0.2) is 11.4 Å². The number of pyridine rings is 1. The van der Waals surface area contributed by atoms with Crippen molar-refractivity contribution in [1.29, 1.82) is 0 Å². The second-order valence-corrected chi connectivity index (χ2v) is 11.5. The number of ether oxygens (including phenoxy) is 1. The molecule has 1 atom stereocenters. The standard InChI is InChI=1S/C29H31F5N6O2/c1-2-10-40-24(7-9-35-40)22-4-6-25(26(37-22)27(41)36-19-8-11-39(34)15-19)42-20-13-28(14-20)16-38(17-28)23-5-3-18(30)12-21(23)29(31,32)33/h3-7,9,12,19-20H,2,8,10-11,13-17H2,1H3,(H,36,41). The van der Waals surface area contributed by atoms with Crippen molar-refractivity contribution in [2.45, 2.75) is 57.5 Å². The molecule has 224 valence electrons. The lowest BCUT2D eigenvalue weighted by atomic mass is 9.61. The summed E-state index contributed by atoms with van der Waals surface area (Å²) < 4.78 is 75.7. The molecule has 1 saturated carbocycles. The molecule has 1 aliphatic carbocycles. The van der Waals surface area contributed by atoms with Crippen molar-refractivity contribution in [2.24, 2.45) is 5.41 Å². The predicted molar refractivity (Wildman–Crippen MR) is 144 cm³/mol. The summed E-state index contributed by atoms with van der Waals surface area (Å²) in [5.74, 6) is -1.10. The first-order valence-corrected chi connectivity index (χ1v) is 14.1. The summed E-state index contributed by atoms with van der Waals surface area (Å²) in [7, 11) is 0. The van der Waals surface area contributed by atoms with Gasteiger partial charge in [-0.2, -0.15) is 18.3 Å². The third-order valence-electron chi connectivity index (χ3n) is 8.23. The van der Waals surface area contributed by atoms with Gasteiger partial charge in [-0.15, -0.1) is 9.60 Å². The lowest BCUT2D eigenvalue weighted by molar-refractivity contribution is -0.137. The molecular weight excluding hydrogens is 559 g/mol. The number of carbonyl (C=O) groups excluding carboxylic acids is 1. The maximum Gasteiger partial charge on any atom is 0.418 e. The number of nitrogens with zero attached hydrogens (tertiary/aromatic N) is 5. The number of amides is 1. The smallest absolute Gasteiger partial charge is 0.418 e. The van der Waals surface area contributed by atoms with Crippen LogP contribution in [0, 0.1) is 11.2 Å². The number of rotatable bonds is 8. The zero-order valence-electron chi connectivity index (χ0n) is 23.0.